The Hall–Kier alpha value is 0.364. The summed E-state index contributed by atoms with van der Waals surface area (Å²) in [4.78, 5) is 0. The van der Waals surface area contributed by atoms with E-state index in [-0.39, 0.29) is 0 Å². The Morgan fingerprint density at radius 1 is 0.870 bits per heavy atom. The van der Waals surface area contributed by atoms with Crippen molar-refractivity contribution in [3.63, 3.8) is 0 Å². The van der Waals surface area contributed by atoms with Crippen LogP contribution in [-0.2, 0) is 17.2 Å². The molecule has 0 aromatic carbocycles. The number of hydrogen-bond acceptors (Lipinski definition) is 6. The van der Waals surface area contributed by atoms with Gasteiger partial charge in [0, 0.05) is 0 Å². The molecule has 0 fully saturated rings. The van der Waals surface area contributed by atoms with Crippen molar-refractivity contribution in [2.45, 2.75) is 64.2 Å². The van der Waals surface area contributed by atoms with Crippen molar-refractivity contribution in [1.82, 2.24) is 0 Å². The Bertz CT molecular complexity index is 418. The minimum absolute atomic E-state index is 0.581. The number of rotatable bonds is 12. The Morgan fingerprint density at radius 2 is 1.35 bits per heavy atom. The first-order valence-corrected chi connectivity index (χ1v) is 22.1. The largest absolute Gasteiger partial charge is 0.558 e. The van der Waals surface area contributed by atoms with Crippen molar-refractivity contribution in [2.75, 3.05) is 13.1 Å². The molecule has 0 rings (SSSR count). The van der Waals surface area contributed by atoms with E-state index in [0.717, 1.165) is 24.9 Å². The highest BCUT2D eigenvalue weighted by molar-refractivity contribution is 7.46. The van der Waals surface area contributed by atoms with Gasteiger partial charge in [0.15, 0.2) is 8.32 Å². The third-order valence-electron chi connectivity index (χ3n) is 3.65. The summed E-state index contributed by atoms with van der Waals surface area (Å²) in [5, 5.41) is 0. The Morgan fingerprint density at radius 3 is 1.83 bits per heavy atom. The topological polar surface area (TPSA) is 105 Å². The van der Waals surface area contributed by atoms with Crippen LogP contribution in [0.1, 0.15) is 12.8 Å². The average Bonchev–Trinajstić information content (AvgIpc) is 2.40. The molecule has 0 aliphatic heterocycles. The second kappa shape index (κ2) is 9.75. The standard InChI is InChI=1S/C12H34N2O4Si5/c1-21(2,11-7-9-13)18-23(5,6)17-19(15)20(16)22(3,4)12-8-10-14/h7-14H2,1-6H3. The SMILES string of the molecule is C[Si](C)(CCCN)O[Si](C)(C)O[Si](=O)[Si](=O)[Si](C)(C)CCCN. The van der Waals surface area contributed by atoms with Gasteiger partial charge in [-0.05, 0) is 58.2 Å². The van der Waals surface area contributed by atoms with Crippen LogP contribution < -0.4 is 11.5 Å². The van der Waals surface area contributed by atoms with Gasteiger partial charge in [0.25, 0.3) is 0 Å². The fourth-order valence-corrected chi connectivity index (χ4v) is 27.2. The van der Waals surface area contributed by atoms with Gasteiger partial charge >= 0.3 is 24.7 Å². The highest BCUT2D eigenvalue weighted by Gasteiger charge is 2.45. The lowest BCUT2D eigenvalue weighted by Gasteiger charge is -2.33. The van der Waals surface area contributed by atoms with Crippen molar-refractivity contribution in [1.29, 1.82) is 0 Å². The van der Waals surface area contributed by atoms with Gasteiger partial charge in [-0.1, -0.05) is 19.1 Å². The van der Waals surface area contributed by atoms with Crippen LogP contribution in [0.25, 0.3) is 0 Å². The predicted octanol–water partition coefficient (Wildman–Crippen LogP) is 1.83. The lowest BCUT2D eigenvalue weighted by molar-refractivity contribution is 0.374. The quantitative estimate of drug-likeness (QED) is 0.476. The van der Waals surface area contributed by atoms with Crippen LogP contribution in [0.15, 0.2) is 0 Å². The molecule has 0 radical (unpaired) electrons. The van der Waals surface area contributed by atoms with Gasteiger partial charge < -0.3 is 28.6 Å². The maximum atomic E-state index is 12.7. The molecule has 0 saturated carbocycles. The molecule has 0 amide bonds. The first-order chi connectivity index (χ1) is 10.4. The molecule has 0 atom stereocenters. The molecule has 0 bridgehead atoms. The molecule has 0 aliphatic rings. The monoisotopic (exact) mass is 410 g/mol. The van der Waals surface area contributed by atoms with Gasteiger partial charge in [0.2, 0.25) is 0 Å². The molecule has 0 aromatic rings. The minimum atomic E-state index is -2.55. The maximum Gasteiger partial charge on any atom is 0.525 e. The molecule has 6 nitrogen and oxygen atoms in total. The average molecular weight is 411 g/mol. The third-order valence-corrected chi connectivity index (χ3v) is 29.7. The van der Waals surface area contributed by atoms with Gasteiger partial charge in [0.05, 0.1) is 0 Å². The molecule has 0 aliphatic carbocycles. The van der Waals surface area contributed by atoms with E-state index < -0.39 is 40.6 Å². The molecule has 0 saturated heterocycles. The zero-order valence-electron chi connectivity index (χ0n) is 15.5. The summed E-state index contributed by atoms with van der Waals surface area (Å²) >= 11 is 0. The molecule has 0 aromatic heterocycles. The van der Waals surface area contributed by atoms with Crippen LogP contribution >= 0.6 is 0 Å². The molecular formula is C12H34N2O4Si5. The first-order valence-electron chi connectivity index (χ1n) is 8.25. The molecule has 11 heteroatoms. The summed E-state index contributed by atoms with van der Waals surface area (Å²) in [6.07, 6.45) is 1.76. The summed E-state index contributed by atoms with van der Waals surface area (Å²) in [6.45, 7) is 13.3. The Balaban J connectivity index is 4.76. The smallest absolute Gasteiger partial charge is 0.525 e. The Kier molecular flexibility index (Phi) is 9.90. The molecule has 4 N–H and O–H groups in total. The van der Waals surface area contributed by atoms with Gasteiger partial charge in [-0.3, -0.25) is 0 Å². The second-order valence-electron chi connectivity index (χ2n) is 7.65. The molecule has 23 heavy (non-hydrogen) atoms. The second-order valence-corrected chi connectivity index (χ2v) is 31.1. The van der Waals surface area contributed by atoms with Crippen LogP contribution in [0.3, 0.4) is 0 Å². The lowest BCUT2D eigenvalue weighted by atomic mass is 10.5. The summed E-state index contributed by atoms with van der Waals surface area (Å²) in [6, 6.07) is 1.79. The fraction of sp³-hybridized carbons (Fsp3) is 1.00. The van der Waals surface area contributed by atoms with Crippen molar-refractivity contribution < 1.29 is 17.2 Å². The van der Waals surface area contributed by atoms with Crippen LogP contribution in [0.5, 0.6) is 0 Å². The highest BCUT2D eigenvalue weighted by Crippen LogP contribution is 2.21. The van der Waals surface area contributed by atoms with E-state index in [1.165, 1.54) is 0 Å². The van der Waals surface area contributed by atoms with Gasteiger partial charge in [-0.15, -0.1) is 0 Å². The molecule has 136 valence electrons. The molecule has 0 heterocycles. The van der Waals surface area contributed by atoms with E-state index in [0.29, 0.717) is 13.1 Å². The van der Waals surface area contributed by atoms with E-state index in [1.54, 1.807) is 0 Å². The molecule has 0 unspecified atom stereocenters. The van der Waals surface area contributed by atoms with Crippen molar-refractivity contribution in [2.24, 2.45) is 11.5 Å². The first kappa shape index (κ1) is 23.4. The number of nitrogens with two attached hydrogens (primary N) is 2. The predicted molar refractivity (Wildman–Crippen MR) is 104 cm³/mol. The summed E-state index contributed by atoms with van der Waals surface area (Å²) in [5.41, 5.74) is 11.1. The van der Waals surface area contributed by atoms with Gasteiger partial charge in [0.1, 0.15) is 7.59 Å². The highest BCUT2D eigenvalue weighted by atomic mass is 29.6. The van der Waals surface area contributed by atoms with Gasteiger partial charge in [-0.2, -0.15) is 0 Å². The normalized spacial score (nSPS) is 13.0. The van der Waals surface area contributed by atoms with Gasteiger partial charge in [-0.25, -0.2) is 0 Å². The Labute approximate surface area is 146 Å². The van der Waals surface area contributed by atoms with E-state index in [4.69, 9.17) is 19.7 Å². The van der Waals surface area contributed by atoms with Crippen molar-refractivity contribution in [3.05, 3.63) is 0 Å². The summed E-state index contributed by atoms with van der Waals surface area (Å²) < 4.78 is 37.2. The minimum Gasteiger partial charge on any atom is -0.558 e. The van der Waals surface area contributed by atoms with Crippen LogP contribution in [-0.4, -0.2) is 53.7 Å². The molecular weight excluding hydrogens is 377 g/mol. The van der Waals surface area contributed by atoms with E-state index in [9.17, 15) is 8.92 Å². The number of hydrogen-bond donors (Lipinski definition) is 2. The van der Waals surface area contributed by atoms with E-state index >= 15 is 0 Å². The fourth-order valence-electron chi connectivity index (χ4n) is 2.47. The van der Waals surface area contributed by atoms with Crippen molar-refractivity contribution >= 4 is 40.6 Å². The maximum absolute atomic E-state index is 12.7. The van der Waals surface area contributed by atoms with Crippen LogP contribution in [0.4, 0.5) is 0 Å². The third kappa shape index (κ3) is 9.43. The zero-order chi connectivity index (χ0) is 18.3. The van der Waals surface area contributed by atoms with E-state index in [1.807, 2.05) is 26.2 Å². The van der Waals surface area contributed by atoms with Crippen LogP contribution in [0.2, 0.25) is 51.4 Å². The molecule has 0 spiro atoms. The van der Waals surface area contributed by atoms with Crippen molar-refractivity contribution in [3.8, 4) is 0 Å². The summed E-state index contributed by atoms with van der Waals surface area (Å²) in [7, 11) is -11.2. The van der Waals surface area contributed by atoms with E-state index in [2.05, 4.69) is 13.1 Å². The van der Waals surface area contributed by atoms with Crippen LogP contribution in [0, 0.1) is 0 Å². The zero-order valence-corrected chi connectivity index (χ0v) is 20.5. The summed E-state index contributed by atoms with van der Waals surface area (Å²) in [5.74, 6) is 0. The lowest BCUT2D eigenvalue weighted by Crippen LogP contribution is -2.54.